The van der Waals surface area contributed by atoms with Gasteiger partial charge in [0.05, 0.1) is 0 Å². The number of benzene rings is 1. The second kappa shape index (κ2) is 6.97. The highest BCUT2D eigenvalue weighted by molar-refractivity contribution is 5.81. The lowest BCUT2D eigenvalue weighted by molar-refractivity contribution is -0.153. The van der Waals surface area contributed by atoms with Crippen molar-refractivity contribution >= 4 is 17.6 Å². The molecular weight excluding hydrogens is 272 g/mol. The first kappa shape index (κ1) is 15.2. The summed E-state index contributed by atoms with van der Waals surface area (Å²) >= 11 is 0. The molecule has 2 N–H and O–H groups in total. The zero-order chi connectivity index (χ0) is 15.2. The molecule has 0 bridgehead atoms. The third-order valence-electron chi connectivity index (χ3n) is 3.22. The van der Waals surface area contributed by atoms with Crippen LogP contribution in [0, 0.1) is 0 Å². The maximum absolute atomic E-state index is 11.9. The Morgan fingerprint density at radius 1 is 1.33 bits per heavy atom. The summed E-state index contributed by atoms with van der Waals surface area (Å²) in [5.41, 5.74) is 6.15. The Bertz CT molecular complexity index is 514. The molecule has 1 fully saturated rings. The molecule has 21 heavy (non-hydrogen) atoms. The van der Waals surface area contributed by atoms with Crippen LogP contribution in [0.1, 0.15) is 19.8 Å². The van der Waals surface area contributed by atoms with E-state index in [1.54, 1.807) is 29.2 Å². The van der Waals surface area contributed by atoms with Crippen LogP contribution in [-0.2, 0) is 14.3 Å². The number of nitrogens with two attached hydrogens (primary N) is 1. The average molecular weight is 292 g/mol. The number of ether oxygens (including phenoxy) is 2. The van der Waals surface area contributed by atoms with Gasteiger partial charge >= 0.3 is 5.97 Å². The topological polar surface area (TPSA) is 81.9 Å². The molecule has 1 amide bonds. The molecule has 2 rings (SSSR count). The second-order valence-corrected chi connectivity index (χ2v) is 4.93. The molecule has 1 aromatic carbocycles. The Hall–Kier alpha value is -2.24. The highest BCUT2D eigenvalue weighted by Crippen LogP contribution is 2.26. The number of amides is 1. The summed E-state index contributed by atoms with van der Waals surface area (Å²) < 4.78 is 10.2. The molecule has 1 aromatic rings. The molecule has 0 aliphatic heterocycles. The van der Waals surface area contributed by atoms with E-state index in [1.165, 1.54) is 0 Å². The van der Waals surface area contributed by atoms with Crippen molar-refractivity contribution in [1.82, 2.24) is 4.90 Å². The highest BCUT2D eigenvalue weighted by atomic mass is 16.6. The number of nitrogen functional groups attached to an aromatic ring is 1. The van der Waals surface area contributed by atoms with Crippen molar-refractivity contribution in [3.63, 3.8) is 0 Å². The van der Waals surface area contributed by atoms with Crippen molar-refractivity contribution in [3.8, 4) is 5.75 Å². The zero-order valence-electron chi connectivity index (χ0n) is 12.1. The fraction of sp³-hybridized carbons (Fsp3) is 0.467. The van der Waals surface area contributed by atoms with Gasteiger partial charge in [-0.25, -0.2) is 4.79 Å². The number of carbonyl (C=O) groups is 2. The molecule has 1 saturated carbocycles. The predicted molar refractivity (Wildman–Crippen MR) is 77.7 cm³/mol. The standard InChI is InChI=1S/C15H20N2O4/c1-2-17(12-6-7-12)14(18)9-21-15(19)10-20-13-5-3-4-11(16)8-13/h3-5,8,12H,2,6-7,9-10,16H2,1H3. The molecule has 0 unspecified atom stereocenters. The van der Waals surface area contributed by atoms with E-state index >= 15 is 0 Å². The largest absolute Gasteiger partial charge is 0.482 e. The summed E-state index contributed by atoms with van der Waals surface area (Å²) in [6.07, 6.45) is 2.07. The number of hydrogen-bond acceptors (Lipinski definition) is 5. The van der Waals surface area contributed by atoms with Crippen molar-refractivity contribution in [1.29, 1.82) is 0 Å². The van der Waals surface area contributed by atoms with E-state index in [2.05, 4.69) is 0 Å². The number of esters is 1. The molecule has 0 radical (unpaired) electrons. The number of nitrogens with zero attached hydrogens (tertiary/aromatic N) is 1. The fourth-order valence-corrected chi connectivity index (χ4v) is 2.04. The van der Waals surface area contributed by atoms with E-state index in [0.717, 1.165) is 12.8 Å². The predicted octanol–water partition coefficient (Wildman–Crippen LogP) is 1.20. The molecule has 114 valence electrons. The molecule has 0 heterocycles. The Morgan fingerprint density at radius 2 is 2.10 bits per heavy atom. The Labute approximate surface area is 123 Å². The first-order valence-electron chi connectivity index (χ1n) is 7.03. The van der Waals surface area contributed by atoms with Crippen LogP contribution in [0.15, 0.2) is 24.3 Å². The van der Waals surface area contributed by atoms with E-state index < -0.39 is 5.97 Å². The molecule has 6 nitrogen and oxygen atoms in total. The van der Waals surface area contributed by atoms with Gasteiger partial charge in [0.2, 0.25) is 0 Å². The molecule has 0 spiro atoms. The summed E-state index contributed by atoms with van der Waals surface area (Å²) in [4.78, 5) is 25.2. The lowest BCUT2D eigenvalue weighted by atomic mass is 10.3. The smallest absolute Gasteiger partial charge is 0.344 e. The van der Waals surface area contributed by atoms with Gasteiger partial charge < -0.3 is 20.1 Å². The molecule has 1 aliphatic carbocycles. The summed E-state index contributed by atoms with van der Waals surface area (Å²) in [6.45, 7) is 2.08. The van der Waals surface area contributed by atoms with Crippen LogP contribution in [0.4, 0.5) is 5.69 Å². The van der Waals surface area contributed by atoms with Gasteiger partial charge in [-0.3, -0.25) is 4.79 Å². The van der Waals surface area contributed by atoms with Crippen LogP contribution in [0.2, 0.25) is 0 Å². The molecule has 0 atom stereocenters. The van der Waals surface area contributed by atoms with Crippen LogP contribution >= 0.6 is 0 Å². The van der Waals surface area contributed by atoms with E-state index in [0.29, 0.717) is 24.0 Å². The van der Waals surface area contributed by atoms with Gasteiger partial charge in [0.15, 0.2) is 13.2 Å². The summed E-state index contributed by atoms with van der Waals surface area (Å²) in [5.74, 6) is -0.235. The summed E-state index contributed by atoms with van der Waals surface area (Å²) in [6, 6.07) is 7.09. The number of hydrogen-bond donors (Lipinski definition) is 1. The van der Waals surface area contributed by atoms with Gasteiger partial charge in [-0.15, -0.1) is 0 Å². The SMILES string of the molecule is CCN(C(=O)COC(=O)COc1cccc(N)c1)C1CC1. The van der Waals surface area contributed by atoms with E-state index in [-0.39, 0.29) is 19.1 Å². The number of likely N-dealkylation sites (N-methyl/N-ethyl adjacent to an activating group) is 1. The molecular formula is C15H20N2O4. The van der Waals surface area contributed by atoms with Crippen LogP contribution < -0.4 is 10.5 Å². The summed E-state index contributed by atoms with van der Waals surface area (Å²) in [7, 11) is 0. The molecule has 0 aromatic heterocycles. The van der Waals surface area contributed by atoms with E-state index in [9.17, 15) is 9.59 Å². The van der Waals surface area contributed by atoms with Crippen molar-refractivity contribution in [2.45, 2.75) is 25.8 Å². The maximum Gasteiger partial charge on any atom is 0.344 e. The van der Waals surface area contributed by atoms with Crippen LogP contribution in [0.25, 0.3) is 0 Å². The summed E-state index contributed by atoms with van der Waals surface area (Å²) in [5, 5.41) is 0. The minimum absolute atomic E-state index is 0.155. The van der Waals surface area contributed by atoms with Crippen LogP contribution in [0.5, 0.6) is 5.75 Å². The van der Waals surface area contributed by atoms with Crippen molar-refractivity contribution in [2.75, 3.05) is 25.5 Å². The first-order chi connectivity index (χ1) is 10.1. The zero-order valence-corrected chi connectivity index (χ0v) is 12.1. The van der Waals surface area contributed by atoms with Crippen LogP contribution in [-0.4, -0.2) is 42.6 Å². The number of anilines is 1. The maximum atomic E-state index is 11.9. The quantitative estimate of drug-likeness (QED) is 0.603. The fourth-order valence-electron chi connectivity index (χ4n) is 2.04. The van der Waals surface area contributed by atoms with Gasteiger partial charge in [-0.05, 0) is 31.9 Å². The van der Waals surface area contributed by atoms with E-state index in [1.807, 2.05) is 6.92 Å². The van der Waals surface area contributed by atoms with Crippen molar-refractivity contribution in [2.24, 2.45) is 0 Å². The van der Waals surface area contributed by atoms with Gasteiger partial charge in [0, 0.05) is 24.3 Å². The Kier molecular flexibility index (Phi) is 5.03. The molecule has 0 saturated heterocycles. The highest BCUT2D eigenvalue weighted by Gasteiger charge is 2.31. The van der Waals surface area contributed by atoms with Gasteiger partial charge in [0.25, 0.3) is 5.91 Å². The Balaban J connectivity index is 1.70. The van der Waals surface area contributed by atoms with Gasteiger partial charge in [-0.2, -0.15) is 0 Å². The lowest BCUT2D eigenvalue weighted by Crippen LogP contribution is -2.36. The minimum Gasteiger partial charge on any atom is -0.482 e. The average Bonchev–Trinajstić information content (AvgIpc) is 3.28. The second-order valence-electron chi connectivity index (χ2n) is 4.93. The van der Waals surface area contributed by atoms with Crippen molar-refractivity contribution < 1.29 is 19.1 Å². The lowest BCUT2D eigenvalue weighted by Gasteiger charge is -2.19. The third kappa shape index (κ3) is 4.66. The third-order valence-corrected chi connectivity index (χ3v) is 3.22. The van der Waals surface area contributed by atoms with Crippen LogP contribution in [0.3, 0.4) is 0 Å². The van der Waals surface area contributed by atoms with Gasteiger partial charge in [0.1, 0.15) is 5.75 Å². The molecule has 1 aliphatic rings. The normalized spacial score (nSPS) is 13.6. The molecule has 6 heteroatoms. The monoisotopic (exact) mass is 292 g/mol. The minimum atomic E-state index is -0.572. The number of carbonyl (C=O) groups excluding carboxylic acids is 2. The van der Waals surface area contributed by atoms with Crippen molar-refractivity contribution in [3.05, 3.63) is 24.3 Å². The van der Waals surface area contributed by atoms with Gasteiger partial charge in [-0.1, -0.05) is 6.07 Å². The van der Waals surface area contributed by atoms with E-state index in [4.69, 9.17) is 15.2 Å². The Morgan fingerprint density at radius 3 is 2.71 bits per heavy atom. The number of rotatable bonds is 7. The first-order valence-corrected chi connectivity index (χ1v) is 7.03.